The number of hydrogen-bond donors (Lipinski definition) is 2. The Morgan fingerprint density at radius 2 is 2.43 bits per heavy atom. The lowest BCUT2D eigenvalue weighted by atomic mass is 10.1. The first-order valence-electron chi connectivity index (χ1n) is 6.99. The maximum Gasteiger partial charge on any atom is 0.339 e. The van der Waals surface area contributed by atoms with Crippen LogP contribution < -0.4 is 5.32 Å². The van der Waals surface area contributed by atoms with E-state index in [9.17, 15) is 9.90 Å². The number of aromatic carboxylic acids is 1. The quantitative estimate of drug-likeness (QED) is 0.888. The summed E-state index contributed by atoms with van der Waals surface area (Å²) in [6, 6.07) is 0. The van der Waals surface area contributed by atoms with Crippen LogP contribution in [-0.2, 0) is 11.8 Å². The first kappa shape index (κ1) is 13.8. The number of carbonyl (C=O) groups is 1. The second-order valence-corrected chi connectivity index (χ2v) is 5.28. The van der Waals surface area contributed by atoms with E-state index in [1.54, 1.807) is 11.7 Å². The number of aryl methyl sites for hydroxylation is 2. The Balaban J connectivity index is 2.03. The average molecular weight is 290 g/mol. The van der Waals surface area contributed by atoms with Crippen LogP contribution in [0.15, 0.2) is 6.20 Å². The first-order chi connectivity index (χ1) is 10.1. The van der Waals surface area contributed by atoms with Crippen molar-refractivity contribution >= 4 is 22.7 Å². The summed E-state index contributed by atoms with van der Waals surface area (Å²) in [5.41, 5.74) is 2.18. The maximum absolute atomic E-state index is 11.4. The molecule has 2 aromatic rings. The number of anilines is 1. The Labute approximate surface area is 121 Å². The number of carboxylic acid groups (broad SMARTS) is 1. The monoisotopic (exact) mass is 290 g/mol. The summed E-state index contributed by atoms with van der Waals surface area (Å²) in [5, 5.41) is 17.7. The van der Waals surface area contributed by atoms with E-state index < -0.39 is 5.97 Å². The summed E-state index contributed by atoms with van der Waals surface area (Å²) in [6.07, 6.45) is 3.56. The van der Waals surface area contributed by atoms with Gasteiger partial charge in [-0.3, -0.25) is 4.68 Å². The number of aromatic nitrogens is 3. The van der Waals surface area contributed by atoms with Crippen LogP contribution in [-0.4, -0.2) is 45.1 Å². The smallest absolute Gasteiger partial charge is 0.339 e. The lowest BCUT2D eigenvalue weighted by molar-refractivity contribution is 0.0697. The molecule has 1 aliphatic rings. The van der Waals surface area contributed by atoms with Gasteiger partial charge in [-0.25, -0.2) is 9.78 Å². The van der Waals surface area contributed by atoms with E-state index in [1.807, 2.05) is 6.92 Å². The van der Waals surface area contributed by atoms with E-state index in [4.69, 9.17) is 4.74 Å². The molecule has 2 N–H and O–H groups in total. The minimum absolute atomic E-state index is 0.131. The predicted molar refractivity (Wildman–Crippen MR) is 77.7 cm³/mol. The number of ether oxygens (including phenoxy) is 1. The van der Waals surface area contributed by atoms with Gasteiger partial charge in [-0.2, -0.15) is 5.10 Å². The Kier molecular flexibility index (Phi) is 3.50. The molecule has 1 fully saturated rings. The number of fused-ring (bicyclic) bond motifs is 1. The molecule has 0 amide bonds. The molecule has 0 radical (unpaired) electrons. The van der Waals surface area contributed by atoms with Gasteiger partial charge in [0, 0.05) is 26.4 Å². The number of pyridine rings is 1. The molecule has 7 heteroatoms. The highest BCUT2D eigenvalue weighted by atomic mass is 16.5. The molecule has 0 saturated carbocycles. The normalized spacial score (nSPS) is 18.3. The lowest BCUT2D eigenvalue weighted by Crippen LogP contribution is -2.20. The van der Waals surface area contributed by atoms with Crippen molar-refractivity contribution in [2.75, 3.05) is 18.5 Å². The van der Waals surface area contributed by atoms with Gasteiger partial charge < -0.3 is 15.2 Å². The van der Waals surface area contributed by atoms with Gasteiger partial charge in [0.25, 0.3) is 0 Å². The number of nitrogens with one attached hydrogen (secondary N) is 1. The molecule has 7 nitrogen and oxygen atoms in total. The van der Waals surface area contributed by atoms with Crippen LogP contribution in [0.1, 0.15) is 28.9 Å². The molecule has 3 rings (SSSR count). The highest BCUT2D eigenvalue weighted by Gasteiger charge is 2.21. The first-order valence-corrected chi connectivity index (χ1v) is 6.99. The number of carboxylic acids is 1. The summed E-state index contributed by atoms with van der Waals surface area (Å²) in [6.45, 7) is 3.22. The summed E-state index contributed by atoms with van der Waals surface area (Å²) in [4.78, 5) is 15.7. The van der Waals surface area contributed by atoms with E-state index in [2.05, 4.69) is 15.4 Å². The molecule has 1 saturated heterocycles. The molecule has 112 valence electrons. The standard InChI is InChI=1S/C14H18N4O3/c1-8-11-12(15-6-9-4-3-5-21-9)10(14(19)20)7-16-13(11)18(2)17-8/h7,9H,3-6H2,1-2H3,(H,15,16)(H,19,20). The second-order valence-electron chi connectivity index (χ2n) is 5.28. The van der Waals surface area contributed by atoms with Crippen LogP contribution in [0.5, 0.6) is 0 Å². The minimum atomic E-state index is -0.998. The van der Waals surface area contributed by atoms with Crippen LogP contribution in [0.3, 0.4) is 0 Å². The van der Waals surface area contributed by atoms with Crippen molar-refractivity contribution in [3.8, 4) is 0 Å². The largest absolute Gasteiger partial charge is 0.478 e. The fraction of sp³-hybridized carbons (Fsp3) is 0.500. The third-order valence-electron chi connectivity index (χ3n) is 3.79. The Hall–Kier alpha value is -2.15. The molecule has 21 heavy (non-hydrogen) atoms. The van der Waals surface area contributed by atoms with E-state index in [0.717, 1.165) is 30.5 Å². The number of rotatable bonds is 4. The fourth-order valence-electron chi connectivity index (χ4n) is 2.78. The Morgan fingerprint density at radius 1 is 1.62 bits per heavy atom. The highest BCUT2D eigenvalue weighted by molar-refractivity contribution is 6.04. The molecule has 0 spiro atoms. The van der Waals surface area contributed by atoms with Gasteiger partial charge in [-0.1, -0.05) is 0 Å². The van der Waals surface area contributed by atoms with Gasteiger partial charge in [-0.15, -0.1) is 0 Å². The highest BCUT2D eigenvalue weighted by Crippen LogP contribution is 2.29. The van der Waals surface area contributed by atoms with Crippen LogP contribution in [0, 0.1) is 6.92 Å². The molecule has 1 aliphatic heterocycles. The molecular weight excluding hydrogens is 272 g/mol. The predicted octanol–water partition coefficient (Wildman–Crippen LogP) is 1.57. The van der Waals surface area contributed by atoms with E-state index >= 15 is 0 Å². The SMILES string of the molecule is Cc1nn(C)c2ncc(C(=O)O)c(NCC3CCCO3)c12. The van der Waals surface area contributed by atoms with Crippen LogP contribution >= 0.6 is 0 Å². The van der Waals surface area contributed by atoms with Gasteiger partial charge in [0.1, 0.15) is 5.56 Å². The van der Waals surface area contributed by atoms with Crippen molar-refractivity contribution in [1.82, 2.24) is 14.8 Å². The number of nitrogens with zero attached hydrogens (tertiary/aromatic N) is 3. The van der Waals surface area contributed by atoms with E-state index in [-0.39, 0.29) is 11.7 Å². The van der Waals surface area contributed by atoms with Gasteiger partial charge >= 0.3 is 5.97 Å². The van der Waals surface area contributed by atoms with Crippen LogP contribution in [0.25, 0.3) is 11.0 Å². The summed E-state index contributed by atoms with van der Waals surface area (Å²) >= 11 is 0. The molecule has 0 bridgehead atoms. The molecule has 1 atom stereocenters. The third kappa shape index (κ3) is 2.44. The second kappa shape index (κ2) is 5.33. The van der Waals surface area contributed by atoms with Crippen molar-refractivity contribution < 1.29 is 14.6 Å². The molecule has 0 aromatic carbocycles. The summed E-state index contributed by atoms with van der Waals surface area (Å²) < 4.78 is 7.24. The molecular formula is C14H18N4O3. The van der Waals surface area contributed by atoms with Crippen LogP contribution in [0.4, 0.5) is 5.69 Å². The van der Waals surface area contributed by atoms with Crippen molar-refractivity contribution in [3.63, 3.8) is 0 Å². The van der Waals surface area contributed by atoms with Crippen molar-refractivity contribution in [3.05, 3.63) is 17.5 Å². The zero-order valence-electron chi connectivity index (χ0n) is 12.1. The van der Waals surface area contributed by atoms with Gasteiger partial charge in [-0.05, 0) is 19.8 Å². The van der Waals surface area contributed by atoms with E-state index in [0.29, 0.717) is 17.9 Å². The summed E-state index contributed by atoms with van der Waals surface area (Å²) in [7, 11) is 1.80. The zero-order valence-corrected chi connectivity index (χ0v) is 12.1. The van der Waals surface area contributed by atoms with Crippen molar-refractivity contribution in [1.29, 1.82) is 0 Å². The Bertz CT molecular complexity index is 689. The fourth-order valence-corrected chi connectivity index (χ4v) is 2.78. The Morgan fingerprint density at radius 3 is 3.10 bits per heavy atom. The molecule has 0 aliphatic carbocycles. The van der Waals surface area contributed by atoms with Gasteiger partial charge in [0.2, 0.25) is 0 Å². The number of hydrogen-bond acceptors (Lipinski definition) is 5. The van der Waals surface area contributed by atoms with Gasteiger partial charge in [0.15, 0.2) is 5.65 Å². The average Bonchev–Trinajstić information content (AvgIpc) is 3.05. The maximum atomic E-state index is 11.4. The van der Waals surface area contributed by atoms with Crippen molar-refractivity contribution in [2.24, 2.45) is 7.05 Å². The van der Waals surface area contributed by atoms with Gasteiger partial charge in [0.05, 0.1) is 22.9 Å². The third-order valence-corrected chi connectivity index (χ3v) is 3.79. The minimum Gasteiger partial charge on any atom is -0.478 e. The lowest BCUT2D eigenvalue weighted by Gasteiger charge is -2.14. The topological polar surface area (TPSA) is 89.3 Å². The van der Waals surface area contributed by atoms with Crippen molar-refractivity contribution in [2.45, 2.75) is 25.9 Å². The molecule has 1 unspecified atom stereocenters. The zero-order chi connectivity index (χ0) is 15.0. The molecule has 2 aromatic heterocycles. The van der Waals surface area contributed by atoms with E-state index in [1.165, 1.54) is 6.20 Å². The molecule has 3 heterocycles. The summed E-state index contributed by atoms with van der Waals surface area (Å²) in [5.74, 6) is -0.998. The van der Waals surface area contributed by atoms with Crippen LogP contribution in [0.2, 0.25) is 0 Å².